The standard InChI is InChI=1S/C3H5BO3.C2H6O2/c5-4(6)7-3-1-2-3;3-1-2-4/h1,5-6H,2H2;3-4H,1-2H2. The van der Waals surface area contributed by atoms with Crippen LogP contribution in [0.15, 0.2) is 11.8 Å². The van der Waals surface area contributed by atoms with Gasteiger partial charge in [-0.1, -0.05) is 0 Å². The molecule has 0 saturated carbocycles. The topological polar surface area (TPSA) is 90.2 Å². The van der Waals surface area contributed by atoms with E-state index in [0.29, 0.717) is 5.76 Å². The molecular formula is C5H11BO5. The zero-order valence-electron chi connectivity index (χ0n) is 5.97. The Hall–Kier alpha value is -0.555. The van der Waals surface area contributed by atoms with Gasteiger partial charge >= 0.3 is 7.32 Å². The first-order valence-electron chi connectivity index (χ1n) is 3.14. The third-order valence-corrected chi connectivity index (χ3v) is 0.728. The predicted octanol–water partition coefficient (Wildman–Crippen LogP) is -1.77. The molecule has 0 spiro atoms. The highest BCUT2D eigenvalue weighted by Gasteiger charge is 2.17. The summed E-state index contributed by atoms with van der Waals surface area (Å²) in [6, 6.07) is 0. The molecule has 1 aliphatic rings. The van der Waals surface area contributed by atoms with E-state index in [1.165, 1.54) is 0 Å². The smallest absolute Gasteiger partial charge is 0.516 e. The fraction of sp³-hybridized carbons (Fsp3) is 0.600. The summed E-state index contributed by atoms with van der Waals surface area (Å²) in [6.07, 6.45) is 2.52. The van der Waals surface area contributed by atoms with Crippen LogP contribution in [0.2, 0.25) is 0 Å². The Morgan fingerprint density at radius 2 is 1.82 bits per heavy atom. The summed E-state index contributed by atoms with van der Waals surface area (Å²) in [5, 5.41) is 31.4. The normalized spacial score (nSPS) is 12.5. The van der Waals surface area contributed by atoms with E-state index >= 15 is 0 Å². The van der Waals surface area contributed by atoms with Crippen molar-refractivity contribution in [2.24, 2.45) is 0 Å². The number of hydrogen-bond acceptors (Lipinski definition) is 5. The fourth-order valence-electron chi connectivity index (χ4n) is 0.273. The molecule has 0 heterocycles. The molecule has 0 atom stereocenters. The average Bonchev–Trinajstić information content (AvgIpc) is 2.71. The lowest BCUT2D eigenvalue weighted by atomic mass is 10.3. The molecule has 0 aromatic carbocycles. The Balaban J connectivity index is 0.000000218. The SMILES string of the molecule is OB(O)OC1=CC1.OCCO. The second kappa shape index (κ2) is 6.17. The summed E-state index contributed by atoms with van der Waals surface area (Å²) in [4.78, 5) is 0. The molecule has 0 saturated heterocycles. The first-order valence-corrected chi connectivity index (χ1v) is 3.14. The molecule has 5 nitrogen and oxygen atoms in total. The van der Waals surface area contributed by atoms with Crippen molar-refractivity contribution in [1.29, 1.82) is 0 Å². The van der Waals surface area contributed by atoms with Crippen LogP contribution in [0.25, 0.3) is 0 Å². The fourth-order valence-corrected chi connectivity index (χ4v) is 0.273. The quantitative estimate of drug-likeness (QED) is 0.368. The number of allylic oxidation sites excluding steroid dienone is 2. The second-order valence-electron chi connectivity index (χ2n) is 1.77. The predicted molar refractivity (Wildman–Crippen MR) is 38.1 cm³/mol. The van der Waals surface area contributed by atoms with Gasteiger partial charge in [0, 0.05) is 6.42 Å². The van der Waals surface area contributed by atoms with Gasteiger partial charge in [-0.05, 0) is 6.08 Å². The summed E-state index contributed by atoms with van der Waals surface area (Å²) in [6.45, 7) is -0.250. The maximum absolute atomic E-state index is 8.06. The van der Waals surface area contributed by atoms with Crippen LogP contribution >= 0.6 is 0 Å². The number of rotatable bonds is 3. The molecule has 0 bridgehead atoms. The first kappa shape index (κ1) is 10.4. The van der Waals surface area contributed by atoms with Crippen LogP contribution in [-0.4, -0.2) is 40.8 Å². The van der Waals surface area contributed by atoms with E-state index in [1.54, 1.807) is 6.08 Å². The van der Waals surface area contributed by atoms with E-state index in [1.807, 2.05) is 0 Å². The van der Waals surface area contributed by atoms with E-state index in [0.717, 1.165) is 6.42 Å². The van der Waals surface area contributed by atoms with Crippen molar-refractivity contribution in [2.75, 3.05) is 13.2 Å². The van der Waals surface area contributed by atoms with Crippen molar-refractivity contribution in [3.05, 3.63) is 11.8 Å². The van der Waals surface area contributed by atoms with Gasteiger partial charge in [-0.2, -0.15) is 0 Å². The highest BCUT2D eigenvalue weighted by Crippen LogP contribution is 2.18. The molecule has 0 aromatic heterocycles. The highest BCUT2D eigenvalue weighted by atomic mass is 16.6. The van der Waals surface area contributed by atoms with Crippen molar-refractivity contribution in [1.82, 2.24) is 0 Å². The Kier molecular flexibility index (Phi) is 5.86. The zero-order valence-corrected chi connectivity index (χ0v) is 5.97. The van der Waals surface area contributed by atoms with E-state index in [4.69, 9.17) is 20.3 Å². The zero-order chi connectivity index (χ0) is 8.69. The maximum atomic E-state index is 8.06. The minimum atomic E-state index is -1.63. The van der Waals surface area contributed by atoms with Crippen LogP contribution in [0.4, 0.5) is 0 Å². The highest BCUT2D eigenvalue weighted by molar-refractivity contribution is 6.33. The van der Waals surface area contributed by atoms with Crippen LogP contribution in [0, 0.1) is 0 Å². The Morgan fingerprint density at radius 3 is 1.91 bits per heavy atom. The monoisotopic (exact) mass is 162 g/mol. The Bertz CT molecular complexity index is 122. The molecule has 64 valence electrons. The minimum absolute atomic E-state index is 0.125. The molecule has 6 heteroatoms. The van der Waals surface area contributed by atoms with E-state index in [9.17, 15) is 0 Å². The Labute approximate surface area is 64.7 Å². The van der Waals surface area contributed by atoms with Gasteiger partial charge in [0.15, 0.2) is 0 Å². The van der Waals surface area contributed by atoms with Gasteiger partial charge in [0.1, 0.15) is 0 Å². The van der Waals surface area contributed by atoms with Gasteiger partial charge in [0.25, 0.3) is 0 Å². The summed E-state index contributed by atoms with van der Waals surface area (Å²) in [5.74, 6) is 0.662. The van der Waals surface area contributed by atoms with Gasteiger partial charge in [0.05, 0.1) is 19.0 Å². The number of aliphatic hydroxyl groups excluding tert-OH is 2. The summed E-state index contributed by atoms with van der Waals surface area (Å²) in [7, 11) is -1.63. The van der Waals surface area contributed by atoms with Crippen LogP contribution < -0.4 is 0 Å². The van der Waals surface area contributed by atoms with Crippen LogP contribution in [0.5, 0.6) is 0 Å². The molecule has 0 unspecified atom stereocenters. The third kappa shape index (κ3) is 9.44. The Morgan fingerprint density at radius 1 is 1.36 bits per heavy atom. The molecule has 1 aliphatic carbocycles. The lowest BCUT2D eigenvalue weighted by molar-refractivity contribution is 0.186. The van der Waals surface area contributed by atoms with Gasteiger partial charge in [-0.25, -0.2) is 0 Å². The first-order chi connectivity index (χ1) is 5.20. The van der Waals surface area contributed by atoms with E-state index in [-0.39, 0.29) is 13.2 Å². The van der Waals surface area contributed by atoms with Crippen LogP contribution in [0.1, 0.15) is 6.42 Å². The minimum Gasteiger partial charge on any atom is -0.516 e. The van der Waals surface area contributed by atoms with Gasteiger partial charge in [0.2, 0.25) is 0 Å². The number of aliphatic hydroxyl groups is 2. The molecule has 0 amide bonds. The molecule has 0 fully saturated rings. The summed E-state index contributed by atoms with van der Waals surface area (Å²) in [5.41, 5.74) is 0. The van der Waals surface area contributed by atoms with Gasteiger partial charge in [-0.3, -0.25) is 0 Å². The average molecular weight is 162 g/mol. The molecule has 4 N–H and O–H groups in total. The van der Waals surface area contributed by atoms with E-state index in [2.05, 4.69) is 4.65 Å². The van der Waals surface area contributed by atoms with Crippen molar-refractivity contribution in [3.8, 4) is 0 Å². The van der Waals surface area contributed by atoms with Crippen LogP contribution in [-0.2, 0) is 4.65 Å². The van der Waals surface area contributed by atoms with Crippen LogP contribution in [0.3, 0.4) is 0 Å². The molecule has 0 aromatic rings. The summed E-state index contributed by atoms with van der Waals surface area (Å²) >= 11 is 0. The molecule has 1 rings (SSSR count). The molecule has 11 heavy (non-hydrogen) atoms. The lowest BCUT2D eigenvalue weighted by Gasteiger charge is -1.93. The lowest BCUT2D eigenvalue weighted by Crippen LogP contribution is -2.13. The molecule has 0 radical (unpaired) electrons. The van der Waals surface area contributed by atoms with Crippen molar-refractivity contribution in [2.45, 2.75) is 6.42 Å². The van der Waals surface area contributed by atoms with Crippen molar-refractivity contribution < 1.29 is 24.9 Å². The summed E-state index contributed by atoms with van der Waals surface area (Å²) < 4.78 is 4.33. The number of hydrogen-bond donors (Lipinski definition) is 4. The van der Waals surface area contributed by atoms with E-state index < -0.39 is 7.32 Å². The van der Waals surface area contributed by atoms with Crippen molar-refractivity contribution in [3.63, 3.8) is 0 Å². The molecule has 0 aliphatic heterocycles. The molecular weight excluding hydrogens is 151 g/mol. The van der Waals surface area contributed by atoms with Gasteiger partial charge < -0.3 is 24.9 Å². The maximum Gasteiger partial charge on any atom is 0.707 e. The second-order valence-corrected chi connectivity index (χ2v) is 1.77. The van der Waals surface area contributed by atoms with Crippen molar-refractivity contribution >= 4 is 7.32 Å². The largest absolute Gasteiger partial charge is 0.707 e. The third-order valence-electron chi connectivity index (χ3n) is 0.728. The van der Waals surface area contributed by atoms with Gasteiger partial charge in [-0.15, -0.1) is 0 Å².